The van der Waals surface area contributed by atoms with Crippen molar-refractivity contribution < 1.29 is 14.2 Å². The Morgan fingerprint density at radius 3 is 2.64 bits per heavy atom. The van der Waals surface area contributed by atoms with Crippen molar-refractivity contribution in [3.63, 3.8) is 0 Å². The van der Waals surface area contributed by atoms with Crippen molar-refractivity contribution in [2.24, 2.45) is 0 Å². The molecule has 76 valence electrons. The minimum atomic E-state index is -0.647. The number of hydrogen-bond acceptors (Lipinski definition) is 2. The number of ether oxygens (including phenoxy) is 1. The van der Waals surface area contributed by atoms with Crippen LogP contribution in [0.25, 0.3) is 0 Å². The van der Waals surface area contributed by atoms with Crippen molar-refractivity contribution in [3.8, 4) is 11.5 Å². The molecule has 0 saturated heterocycles. The number of benzene rings is 1. The number of phenolic OH excluding ortho intramolecular Hbond substituents is 1. The lowest BCUT2D eigenvalue weighted by Crippen LogP contribution is -2.24. The standard InChI is InChI=1S/C10H10BrFO2/c11-8-4-7(5-9(13)10(8)12)14-6-2-1-3-6/h4-6,13H,1-3H2. The predicted octanol–water partition coefficient (Wildman–Crippen LogP) is 3.23. The molecule has 1 aliphatic rings. The van der Waals surface area contributed by atoms with Crippen molar-refractivity contribution in [1.29, 1.82) is 0 Å². The Labute approximate surface area is 89.8 Å². The van der Waals surface area contributed by atoms with Gasteiger partial charge in [0.15, 0.2) is 11.6 Å². The normalized spacial score (nSPS) is 16.4. The molecule has 0 amide bonds. The van der Waals surface area contributed by atoms with Crippen molar-refractivity contribution in [2.45, 2.75) is 25.4 Å². The summed E-state index contributed by atoms with van der Waals surface area (Å²) in [5.41, 5.74) is 0. The highest BCUT2D eigenvalue weighted by molar-refractivity contribution is 9.10. The SMILES string of the molecule is Oc1cc(OC2CCC2)cc(Br)c1F. The fourth-order valence-corrected chi connectivity index (χ4v) is 1.73. The van der Waals surface area contributed by atoms with E-state index in [2.05, 4.69) is 15.9 Å². The smallest absolute Gasteiger partial charge is 0.179 e. The van der Waals surface area contributed by atoms with Gasteiger partial charge in [0.25, 0.3) is 0 Å². The van der Waals surface area contributed by atoms with E-state index >= 15 is 0 Å². The van der Waals surface area contributed by atoms with Crippen LogP contribution in [0.15, 0.2) is 16.6 Å². The van der Waals surface area contributed by atoms with Crippen LogP contribution in [0, 0.1) is 5.82 Å². The second-order valence-corrected chi connectivity index (χ2v) is 4.26. The first-order chi connectivity index (χ1) is 6.66. The average molecular weight is 261 g/mol. The van der Waals surface area contributed by atoms with Crippen LogP contribution in [-0.2, 0) is 0 Å². The lowest BCUT2D eigenvalue weighted by atomic mass is 9.96. The Bertz CT molecular complexity index is 327. The molecule has 0 spiro atoms. The molecule has 4 heteroatoms. The van der Waals surface area contributed by atoms with Crippen LogP contribution in [0.5, 0.6) is 11.5 Å². The Hall–Kier alpha value is -0.770. The largest absolute Gasteiger partial charge is 0.505 e. The molecule has 0 aliphatic heterocycles. The van der Waals surface area contributed by atoms with E-state index in [1.165, 1.54) is 18.6 Å². The summed E-state index contributed by atoms with van der Waals surface area (Å²) in [7, 11) is 0. The molecule has 1 N–H and O–H groups in total. The summed E-state index contributed by atoms with van der Waals surface area (Å²) in [5.74, 6) is -0.514. The summed E-state index contributed by atoms with van der Waals surface area (Å²) in [6, 6.07) is 2.84. The van der Waals surface area contributed by atoms with Crippen LogP contribution in [-0.4, -0.2) is 11.2 Å². The topological polar surface area (TPSA) is 29.5 Å². The quantitative estimate of drug-likeness (QED) is 0.885. The van der Waals surface area contributed by atoms with Gasteiger partial charge in [0.1, 0.15) is 5.75 Å². The Balaban J connectivity index is 2.17. The van der Waals surface area contributed by atoms with Crippen molar-refractivity contribution in [2.75, 3.05) is 0 Å². The molecule has 1 saturated carbocycles. The number of rotatable bonds is 2. The summed E-state index contributed by atoms with van der Waals surface area (Å²) in [5, 5.41) is 9.20. The maximum atomic E-state index is 13.0. The summed E-state index contributed by atoms with van der Waals surface area (Å²) in [4.78, 5) is 0. The van der Waals surface area contributed by atoms with E-state index in [1.54, 1.807) is 0 Å². The molecule has 0 bridgehead atoms. The highest BCUT2D eigenvalue weighted by Crippen LogP contribution is 2.32. The van der Waals surface area contributed by atoms with E-state index in [9.17, 15) is 9.50 Å². The van der Waals surface area contributed by atoms with Gasteiger partial charge in [0, 0.05) is 6.07 Å². The van der Waals surface area contributed by atoms with E-state index in [0.29, 0.717) is 5.75 Å². The van der Waals surface area contributed by atoms with E-state index in [0.717, 1.165) is 12.8 Å². The van der Waals surface area contributed by atoms with Crippen LogP contribution < -0.4 is 4.74 Å². The number of hydrogen-bond donors (Lipinski definition) is 1. The van der Waals surface area contributed by atoms with Gasteiger partial charge in [-0.25, -0.2) is 4.39 Å². The third-order valence-corrected chi connectivity index (χ3v) is 2.91. The molecule has 2 rings (SSSR count). The van der Waals surface area contributed by atoms with Crippen LogP contribution in [0.4, 0.5) is 4.39 Å². The third-order valence-electron chi connectivity index (χ3n) is 2.34. The molecule has 0 unspecified atom stereocenters. The van der Waals surface area contributed by atoms with E-state index in [-0.39, 0.29) is 16.3 Å². The monoisotopic (exact) mass is 260 g/mol. The summed E-state index contributed by atoms with van der Waals surface area (Å²) in [6.45, 7) is 0. The molecule has 0 heterocycles. The molecular weight excluding hydrogens is 251 g/mol. The third kappa shape index (κ3) is 1.85. The van der Waals surface area contributed by atoms with Gasteiger partial charge in [-0.05, 0) is 41.3 Å². The minimum absolute atomic E-state index is 0.228. The van der Waals surface area contributed by atoms with Gasteiger partial charge in [-0.3, -0.25) is 0 Å². The molecule has 14 heavy (non-hydrogen) atoms. The van der Waals surface area contributed by atoms with Crippen LogP contribution in [0.2, 0.25) is 0 Å². The van der Waals surface area contributed by atoms with E-state index in [1.807, 2.05) is 0 Å². The first-order valence-electron chi connectivity index (χ1n) is 4.51. The first kappa shape index (κ1) is 9.77. The lowest BCUT2D eigenvalue weighted by molar-refractivity contribution is 0.119. The van der Waals surface area contributed by atoms with Crippen molar-refractivity contribution in [3.05, 3.63) is 22.4 Å². The zero-order chi connectivity index (χ0) is 10.1. The number of aromatic hydroxyl groups is 1. The van der Waals surface area contributed by atoms with Crippen LogP contribution in [0.1, 0.15) is 19.3 Å². The molecule has 0 atom stereocenters. The number of halogens is 2. The zero-order valence-corrected chi connectivity index (χ0v) is 9.05. The Morgan fingerprint density at radius 2 is 2.14 bits per heavy atom. The fraction of sp³-hybridized carbons (Fsp3) is 0.400. The average Bonchev–Trinajstić information content (AvgIpc) is 2.07. The molecule has 2 nitrogen and oxygen atoms in total. The molecule has 1 aromatic rings. The second-order valence-electron chi connectivity index (χ2n) is 3.41. The van der Waals surface area contributed by atoms with Gasteiger partial charge >= 0.3 is 0 Å². The lowest BCUT2D eigenvalue weighted by Gasteiger charge is -2.26. The van der Waals surface area contributed by atoms with Crippen LogP contribution >= 0.6 is 15.9 Å². The predicted molar refractivity (Wildman–Crippen MR) is 54.0 cm³/mol. The highest BCUT2D eigenvalue weighted by Gasteiger charge is 2.20. The van der Waals surface area contributed by atoms with Crippen LogP contribution in [0.3, 0.4) is 0 Å². The van der Waals surface area contributed by atoms with Gasteiger partial charge in [-0.15, -0.1) is 0 Å². The highest BCUT2D eigenvalue weighted by atomic mass is 79.9. The second kappa shape index (κ2) is 3.77. The maximum Gasteiger partial charge on any atom is 0.179 e. The molecule has 1 fully saturated rings. The molecular formula is C10H10BrFO2. The molecule has 1 aliphatic carbocycles. The number of phenols is 1. The van der Waals surface area contributed by atoms with Gasteiger partial charge in [-0.2, -0.15) is 0 Å². The Morgan fingerprint density at radius 1 is 1.43 bits per heavy atom. The molecule has 0 radical (unpaired) electrons. The zero-order valence-electron chi connectivity index (χ0n) is 7.46. The van der Waals surface area contributed by atoms with E-state index < -0.39 is 5.82 Å². The summed E-state index contributed by atoms with van der Waals surface area (Å²) >= 11 is 3.01. The van der Waals surface area contributed by atoms with Gasteiger partial charge in [0.05, 0.1) is 10.6 Å². The minimum Gasteiger partial charge on any atom is -0.505 e. The first-order valence-corrected chi connectivity index (χ1v) is 5.31. The van der Waals surface area contributed by atoms with Gasteiger partial charge in [-0.1, -0.05) is 0 Å². The maximum absolute atomic E-state index is 13.0. The van der Waals surface area contributed by atoms with E-state index in [4.69, 9.17) is 4.74 Å². The summed E-state index contributed by atoms with van der Waals surface area (Å²) < 4.78 is 18.7. The fourth-order valence-electron chi connectivity index (χ4n) is 1.30. The van der Waals surface area contributed by atoms with Crippen molar-refractivity contribution >= 4 is 15.9 Å². The summed E-state index contributed by atoms with van der Waals surface area (Å²) in [6.07, 6.45) is 3.48. The molecule has 1 aromatic carbocycles. The Kier molecular flexibility index (Phi) is 2.63. The van der Waals surface area contributed by atoms with Gasteiger partial charge < -0.3 is 9.84 Å². The van der Waals surface area contributed by atoms with Gasteiger partial charge in [0.2, 0.25) is 0 Å². The molecule has 0 aromatic heterocycles. The van der Waals surface area contributed by atoms with Crippen molar-refractivity contribution in [1.82, 2.24) is 0 Å².